The molecular weight excluding hydrogens is 264 g/mol. The molecule has 0 radical (unpaired) electrons. The van der Waals surface area contributed by atoms with Crippen LogP contribution in [0.15, 0.2) is 0 Å². The molecule has 0 aromatic rings. The SMILES string of the molecule is CC1(CO)OC(=O)CC2(O)CC(=O)OC1(O)OC2=O. The number of carbonyl (C=O) groups is 3. The van der Waals surface area contributed by atoms with Crippen molar-refractivity contribution in [1.29, 1.82) is 0 Å². The van der Waals surface area contributed by atoms with Gasteiger partial charge >= 0.3 is 23.9 Å². The van der Waals surface area contributed by atoms with E-state index in [1.165, 1.54) is 0 Å². The molecule has 3 N–H and O–H groups in total. The van der Waals surface area contributed by atoms with Gasteiger partial charge in [-0.1, -0.05) is 0 Å². The van der Waals surface area contributed by atoms with E-state index < -0.39 is 54.5 Å². The van der Waals surface area contributed by atoms with Crippen molar-refractivity contribution in [3.63, 3.8) is 0 Å². The van der Waals surface area contributed by atoms with Crippen LogP contribution in [0.4, 0.5) is 0 Å². The first-order valence-corrected chi connectivity index (χ1v) is 5.37. The predicted molar refractivity (Wildman–Crippen MR) is 52.9 cm³/mol. The molecule has 9 heteroatoms. The summed E-state index contributed by atoms with van der Waals surface area (Å²) >= 11 is 0. The number of cyclic esters (lactones) is 1. The van der Waals surface area contributed by atoms with Crippen molar-refractivity contribution in [2.75, 3.05) is 6.61 Å². The van der Waals surface area contributed by atoms with Crippen LogP contribution in [0.25, 0.3) is 0 Å². The lowest BCUT2D eigenvalue weighted by Gasteiger charge is -2.40. The van der Waals surface area contributed by atoms with Crippen molar-refractivity contribution in [3.8, 4) is 0 Å². The molecule has 2 heterocycles. The molecule has 0 aliphatic carbocycles. The van der Waals surface area contributed by atoms with Crippen molar-refractivity contribution in [2.45, 2.75) is 36.9 Å². The molecule has 2 rings (SSSR count). The van der Waals surface area contributed by atoms with E-state index in [-0.39, 0.29) is 0 Å². The Morgan fingerprint density at radius 2 is 1.58 bits per heavy atom. The van der Waals surface area contributed by atoms with Crippen LogP contribution in [-0.4, -0.2) is 57.0 Å². The highest BCUT2D eigenvalue weighted by atomic mass is 16.9. The summed E-state index contributed by atoms with van der Waals surface area (Å²) < 4.78 is 13.8. The number of hydrogen-bond acceptors (Lipinski definition) is 9. The first-order chi connectivity index (χ1) is 8.64. The Hall–Kier alpha value is -1.71. The van der Waals surface area contributed by atoms with Crippen LogP contribution in [-0.2, 0) is 28.6 Å². The molecule has 0 aromatic heterocycles. The third-order valence-electron chi connectivity index (χ3n) is 3.05. The van der Waals surface area contributed by atoms with Gasteiger partial charge < -0.3 is 29.5 Å². The van der Waals surface area contributed by atoms with Crippen molar-refractivity contribution < 1.29 is 43.9 Å². The summed E-state index contributed by atoms with van der Waals surface area (Å²) in [5, 5.41) is 29.2. The minimum absolute atomic E-state index is 0.855. The molecule has 2 saturated heterocycles. The number of rotatable bonds is 1. The second-order valence-corrected chi connectivity index (χ2v) is 4.69. The van der Waals surface area contributed by atoms with Gasteiger partial charge in [0.05, 0.1) is 19.4 Å². The van der Waals surface area contributed by atoms with Crippen LogP contribution < -0.4 is 0 Å². The number of esters is 3. The zero-order chi connectivity index (χ0) is 14.5. The maximum absolute atomic E-state index is 11.7. The van der Waals surface area contributed by atoms with Gasteiger partial charge in [-0.05, 0) is 6.92 Å². The monoisotopic (exact) mass is 276 g/mol. The molecule has 0 aromatic carbocycles. The Morgan fingerprint density at radius 1 is 1.05 bits per heavy atom. The Labute approximate surface area is 106 Å². The average molecular weight is 276 g/mol. The minimum Gasteiger partial charge on any atom is -0.445 e. The number of hydrogen-bond donors (Lipinski definition) is 3. The lowest BCUT2D eigenvalue weighted by atomic mass is 9.95. The summed E-state index contributed by atoms with van der Waals surface area (Å²) in [7, 11) is 0. The highest BCUT2D eigenvalue weighted by Crippen LogP contribution is 2.38. The quantitative estimate of drug-likeness (QED) is 0.445. The molecule has 3 atom stereocenters. The van der Waals surface area contributed by atoms with Crippen LogP contribution in [0.1, 0.15) is 19.8 Å². The first kappa shape index (κ1) is 13.7. The van der Waals surface area contributed by atoms with E-state index >= 15 is 0 Å². The zero-order valence-corrected chi connectivity index (χ0v) is 9.91. The Balaban J connectivity index is 2.57. The molecule has 0 saturated carbocycles. The van der Waals surface area contributed by atoms with Crippen molar-refractivity contribution in [1.82, 2.24) is 0 Å². The van der Waals surface area contributed by atoms with Crippen LogP contribution in [0.5, 0.6) is 0 Å². The third kappa shape index (κ3) is 1.95. The molecule has 9 nitrogen and oxygen atoms in total. The minimum atomic E-state index is -3.00. The molecule has 0 amide bonds. The van der Waals surface area contributed by atoms with E-state index in [4.69, 9.17) is 4.74 Å². The lowest BCUT2D eigenvalue weighted by molar-refractivity contribution is -0.394. The predicted octanol–water partition coefficient (Wildman–Crippen LogP) is -2.45. The van der Waals surface area contributed by atoms with E-state index in [1.54, 1.807) is 0 Å². The fourth-order valence-corrected chi connectivity index (χ4v) is 1.82. The van der Waals surface area contributed by atoms with Gasteiger partial charge in [-0.3, -0.25) is 9.59 Å². The zero-order valence-electron chi connectivity index (χ0n) is 9.91. The topological polar surface area (TPSA) is 140 Å². The molecule has 2 fully saturated rings. The fourth-order valence-electron chi connectivity index (χ4n) is 1.82. The maximum Gasteiger partial charge on any atom is 0.418 e. The van der Waals surface area contributed by atoms with Gasteiger partial charge in [-0.25, -0.2) is 4.79 Å². The molecule has 106 valence electrons. The standard InChI is InChI=1S/C10H12O9/c1-8(4-11)10(16)18-6(13)3-9(15,7(14)19-10)2-5(12)17-8/h11,15-16H,2-4H2,1H3. The fraction of sp³-hybridized carbons (Fsp3) is 0.700. The number of aliphatic hydroxyl groups is 3. The summed E-state index contributed by atoms with van der Waals surface area (Å²) in [6.45, 7) is 0.0371. The molecule has 2 aliphatic rings. The third-order valence-corrected chi connectivity index (χ3v) is 3.05. The van der Waals surface area contributed by atoms with E-state index in [0.717, 1.165) is 6.92 Å². The summed E-state index contributed by atoms with van der Waals surface area (Å²) in [6.07, 6.45) is -1.72. The molecule has 3 unspecified atom stereocenters. The molecule has 19 heavy (non-hydrogen) atoms. The highest BCUT2D eigenvalue weighted by molar-refractivity contribution is 5.92. The van der Waals surface area contributed by atoms with Gasteiger partial charge in [0.15, 0.2) is 5.60 Å². The van der Waals surface area contributed by atoms with Crippen LogP contribution >= 0.6 is 0 Å². The van der Waals surface area contributed by atoms with E-state index in [9.17, 15) is 29.7 Å². The second-order valence-electron chi connectivity index (χ2n) is 4.69. The number of carbonyl (C=O) groups excluding carboxylic acids is 3. The summed E-state index contributed by atoms with van der Waals surface area (Å²) in [6, 6.07) is 0. The Kier molecular flexibility index (Phi) is 2.81. The summed E-state index contributed by atoms with van der Waals surface area (Å²) in [5.41, 5.74) is -4.66. The van der Waals surface area contributed by atoms with Crippen molar-refractivity contribution in [3.05, 3.63) is 0 Å². The van der Waals surface area contributed by atoms with E-state index in [0.29, 0.717) is 0 Å². The van der Waals surface area contributed by atoms with Gasteiger partial charge in [0.25, 0.3) is 0 Å². The molecule has 0 spiro atoms. The van der Waals surface area contributed by atoms with Crippen LogP contribution in [0.2, 0.25) is 0 Å². The summed E-state index contributed by atoms with van der Waals surface area (Å²) in [5.74, 6) is -6.67. The van der Waals surface area contributed by atoms with E-state index in [1.807, 2.05) is 0 Å². The first-order valence-electron chi connectivity index (χ1n) is 5.37. The molecule has 2 bridgehead atoms. The molecule has 2 aliphatic heterocycles. The second kappa shape index (κ2) is 3.89. The number of aliphatic hydroxyl groups excluding tert-OH is 1. The Morgan fingerprint density at radius 3 is 2.11 bits per heavy atom. The Bertz CT molecular complexity index is 460. The van der Waals surface area contributed by atoms with E-state index in [2.05, 4.69) is 9.47 Å². The van der Waals surface area contributed by atoms with Crippen molar-refractivity contribution in [2.24, 2.45) is 0 Å². The van der Waals surface area contributed by atoms with Crippen LogP contribution in [0, 0.1) is 0 Å². The molecular formula is C10H12O9. The van der Waals surface area contributed by atoms with Crippen LogP contribution in [0.3, 0.4) is 0 Å². The average Bonchev–Trinajstić information content (AvgIpc) is 2.31. The number of ether oxygens (including phenoxy) is 3. The van der Waals surface area contributed by atoms with Crippen molar-refractivity contribution >= 4 is 17.9 Å². The lowest BCUT2D eigenvalue weighted by Crippen LogP contribution is -2.63. The normalized spacial score (nSPS) is 42.6. The maximum atomic E-state index is 11.7. The van der Waals surface area contributed by atoms with Gasteiger partial charge in [0.2, 0.25) is 5.60 Å². The van der Waals surface area contributed by atoms with Gasteiger partial charge in [-0.15, -0.1) is 0 Å². The van der Waals surface area contributed by atoms with Gasteiger partial charge in [-0.2, -0.15) is 0 Å². The smallest absolute Gasteiger partial charge is 0.418 e. The van der Waals surface area contributed by atoms with Gasteiger partial charge in [0.1, 0.15) is 0 Å². The highest BCUT2D eigenvalue weighted by Gasteiger charge is 2.65. The van der Waals surface area contributed by atoms with Gasteiger partial charge in [0, 0.05) is 0 Å². The largest absolute Gasteiger partial charge is 0.445 e. The number of fused-ring (bicyclic) bond motifs is 3. The summed E-state index contributed by atoms with van der Waals surface area (Å²) in [4.78, 5) is 34.8.